The second-order valence-electron chi connectivity index (χ2n) is 13.5. The Bertz CT molecular complexity index is 3360. The summed E-state index contributed by atoms with van der Waals surface area (Å²) in [6.07, 6.45) is 0. The first-order valence-corrected chi connectivity index (χ1v) is 17.2. The van der Waals surface area contributed by atoms with Gasteiger partial charge in [-0.15, -0.1) is 0 Å². The van der Waals surface area contributed by atoms with Gasteiger partial charge in [0.1, 0.15) is 0 Å². The lowest BCUT2D eigenvalue weighted by Gasteiger charge is -2.13. The molecule has 0 radical (unpaired) electrons. The van der Waals surface area contributed by atoms with Crippen LogP contribution in [0.1, 0.15) is 0 Å². The average molecular weight is 634 g/mol. The maximum absolute atomic E-state index is 5.40. The van der Waals surface area contributed by atoms with Crippen LogP contribution in [0.25, 0.3) is 109 Å². The summed E-state index contributed by atoms with van der Waals surface area (Å²) in [5, 5.41) is 13.7. The van der Waals surface area contributed by atoms with E-state index in [-0.39, 0.29) is 0 Å². The normalized spacial score (nSPS) is 12.4. The smallest absolute Gasteiger partial charge is 0.0804 e. The lowest BCUT2D eigenvalue weighted by Crippen LogP contribution is -1.96. The van der Waals surface area contributed by atoms with Crippen LogP contribution in [-0.4, -0.2) is 14.0 Å². The van der Waals surface area contributed by atoms with Crippen molar-refractivity contribution < 1.29 is 0 Å². The van der Waals surface area contributed by atoms with E-state index >= 15 is 0 Å². The van der Waals surface area contributed by atoms with Crippen molar-refractivity contribution in [3.05, 3.63) is 164 Å². The molecule has 0 saturated heterocycles. The van der Waals surface area contributed by atoms with Gasteiger partial charge in [-0.05, 0) is 63.3 Å². The lowest BCUT2D eigenvalue weighted by atomic mass is 10.00. The number of nitrogens with zero attached hydrogens (tertiary/aromatic N) is 3. The summed E-state index contributed by atoms with van der Waals surface area (Å²) in [5.74, 6) is 0. The predicted octanol–water partition coefficient (Wildman–Crippen LogP) is 12.5. The summed E-state index contributed by atoms with van der Waals surface area (Å²) in [7, 11) is 0. The third-order valence-corrected chi connectivity index (χ3v) is 10.9. The highest BCUT2D eigenvalue weighted by Gasteiger charge is 2.26. The molecule has 0 spiro atoms. The van der Waals surface area contributed by atoms with Gasteiger partial charge in [-0.3, -0.25) is 0 Å². The van der Waals surface area contributed by atoms with Crippen LogP contribution in [-0.2, 0) is 0 Å². The van der Waals surface area contributed by atoms with Gasteiger partial charge >= 0.3 is 0 Å². The zero-order valence-electron chi connectivity index (χ0n) is 26.9. The molecule has 3 nitrogen and oxygen atoms in total. The molecule has 12 rings (SSSR count). The van der Waals surface area contributed by atoms with E-state index in [1.807, 2.05) is 0 Å². The van der Waals surface area contributed by atoms with Crippen molar-refractivity contribution in [1.29, 1.82) is 0 Å². The second-order valence-corrected chi connectivity index (χ2v) is 13.5. The Morgan fingerprint density at radius 2 is 1.04 bits per heavy atom. The summed E-state index contributed by atoms with van der Waals surface area (Å²) in [6, 6.07) is 59.8. The molecule has 0 amide bonds. The Labute approximate surface area is 286 Å². The number of fused-ring (bicyclic) bond motifs is 14. The largest absolute Gasteiger partial charge is 0.307 e. The molecule has 0 bridgehead atoms. The number of benzene rings is 8. The summed E-state index contributed by atoms with van der Waals surface area (Å²) in [4.78, 5) is 5.40. The third kappa shape index (κ3) is 3.31. The summed E-state index contributed by atoms with van der Waals surface area (Å²) in [6.45, 7) is 0. The van der Waals surface area contributed by atoms with Gasteiger partial charge in [0.05, 0.1) is 38.8 Å². The fourth-order valence-electron chi connectivity index (χ4n) is 8.85. The molecule has 0 saturated carbocycles. The maximum Gasteiger partial charge on any atom is 0.0804 e. The molecule has 0 fully saturated rings. The highest BCUT2D eigenvalue weighted by Crippen LogP contribution is 2.47. The van der Waals surface area contributed by atoms with E-state index < -0.39 is 0 Å². The van der Waals surface area contributed by atoms with Crippen LogP contribution in [0, 0.1) is 0 Å². The predicted molar refractivity (Wildman–Crippen MR) is 211 cm³/mol. The van der Waals surface area contributed by atoms with E-state index in [1.54, 1.807) is 0 Å². The fraction of sp³-hybridized carbons (Fsp3) is 0. The molecular formula is C47H27N3. The minimum absolute atomic E-state index is 0.989. The Morgan fingerprint density at radius 1 is 0.380 bits per heavy atom. The minimum Gasteiger partial charge on any atom is -0.307 e. The third-order valence-electron chi connectivity index (χ3n) is 10.9. The standard InChI is InChI=1S/C47H27N3/c1-2-12-28(13-3-1)44-36-19-9-8-18-34(36)35-23-22-32(27-40(35)48-44)49-42-26-30-15-5-4-14-29(30)24-38(42)46-47(49)39-25-31-16-6-7-17-33(31)43-37-20-10-11-21-41(37)50(46)45(39)43/h1-27H. The molecule has 0 aliphatic carbocycles. The highest BCUT2D eigenvalue weighted by molar-refractivity contribution is 6.34. The summed E-state index contributed by atoms with van der Waals surface area (Å²) < 4.78 is 5.04. The Hall–Kier alpha value is -6.71. The van der Waals surface area contributed by atoms with Crippen LogP contribution in [0.3, 0.4) is 0 Å². The van der Waals surface area contributed by atoms with Gasteiger partial charge in [-0.25, -0.2) is 4.98 Å². The molecule has 12 aromatic rings. The zero-order valence-corrected chi connectivity index (χ0v) is 26.9. The van der Waals surface area contributed by atoms with E-state index in [1.165, 1.54) is 81.4 Å². The van der Waals surface area contributed by atoms with Gasteiger partial charge in [-0.2, -0.15) is 0 Å². The van der Waals surface area contributed by atoms with Crippen molar-refractivity contribution in [2.75, 3.05) is 0 Å². The number of para-hydroxylation sites is 1. The number of hydrogen-bond acceptors (Lipinski definition) is 1. The molecule has 0 aliphatic rings. The van der Waals surface area contributed by atoms with Gasteiger partial charge in [0, 0.05) is 43.6 Å². The average Bonchev–Trinajstić information content (AvgIpc) is 3.80. The fourth-order valence-corrected chi connectivity index (χ4v) is 8.85. The van der Waals surface area contributed by atoms with E-state index in [0.717, 1.165) is 27.8 Å². The van der Waals surface area contributed by atoms with Gasteiger partial charge < -0.3 is 8.97 Å². The van der Waals surface area contributed by atoms with Crippen LogP contribution in [0.2, 0.25) is 0 Å². The number of rotatable bonds is 2. The zero-order chi connectivity index (χ0) is 32.5. The Kier molecular flexibility index (Phi) is 4.97. The maximum atomic E-state index is 5.40. The quantitative estimate of drug-likeness (QED) is 0.174. The number of aromatic nitrogens is 3. The summed E-state index contributed by atoms with van der Waals surface area (Å²) >= 11 is 0. The van der Waals surface area contributed by atoms with Gasteiger partial charge in [0.2, 0.25) is 0 Å². The van der Waals surface area contributed by atoms with Crippen LogP contribution < -0.4 is 0 Å². The van der Waals surface area contributed by atoms with E-state index in [9.17, 15) is 0 Å². The molecule has 4 aromatic heterocycles. The van der Waals surface area contributed by atoms with E-state index in [0.29, 0.717) is 0 Å². The lowest BCUT2D eigenvalue weighted by molar-refractivity contribution is 1.19. The number of pyridine rings is 1. The number of hydrogen-bond donors (Lipinski definition) is 0. The van der Waals surface area contributed by atoms with E-state index in [2.05, 4.69) is 173 Å². The monoisotopic (exact) mass is 633 g/mol. The topological polar surface area (TPSA) is 22.2 Å². The first-order chi connectivity index (χ1) is 24.8. The van der Waals surface area contributed by atoms with Crippen molar-refractivity contribution in [3.8, 4) is 16.9 Å². The van der Waals surface area contributed by atoms with E-state index in [4.69, 9.17) is 4.98 Å². The molecule has 0 N–H and O–H groups in total. The molecule has 0 atom stereocenters. The van der Waals surface area contributed by atoms with Gasteiger partial charge in [0.25, 0.3) is 0 Å². The minimum atomic E-state index is 0.989. The first-order valence-electron chi connectivity index (χ1n) is 17.2. The molecule has 50 heavy (non-hydrogen) atoms. The van der Waals surface area contributed by atoms with Gasteiger partial charge in [0.15, 0.2) is 0 Å². The Morgan fingerprint density at radius 3 is 1.88 bits per heavy atom. The molecule has 3 heteroatoms. The van der Waals surface area contributed by atoms with Crippen LogP contribution >= 0.6 is 0 Å². The molecule has 230 valence electrons. The van der Waals surface area contributed by atoms with Crippen molar-refractivity contribution >= 4 is 92.3 Å². The van der Waals surface area contributed by atoms with Crippen molar-refractivity contribution in [2.24, 2.45) is 0 Å². The molecular weight excluding hydrogens is 607 g/mol. The second kappa shape index (κ2) is 9.46. The van der Waals surface area contributed by atoms with Crippen LogP contribution in [0.15, 0.2) is 164 Å². The molecule has 8 aromatic carbocycles. The molecule has 0 unspecified atom stereocenters. The van der Waals surface area contributed by atoms with Crippen molar-refractivity contribution in [1.82, 2.24) is 14.0 Å². The van der Waals surface area contributed by atoms with Crippen LogP contribution in [0.4, 0.5) is 0 Å². The Balaban J connectivity index is 1.29. The summed E-state index contributed by atoms with van der Waals surface area (Å²) in [5.41, 5.74) is 10.4. The SMILES string of the molecule is c1ccc(-c2nc3cc(-n4c5cc6ccccc6cc5c5c4c4cc6ccccc6c6c7ccccc7n5c46)ccc3c3ccccc23)cc1. The highest BCUT2D eigenvalue weighted by atomic mass is 15.0. The van der Waals surface area contributed by atoms with Crippen LogP contribution in [0.5, 0.6) is 0 Å². The molecule has 0 aliphatic heterocycles. The molecule has 4 heterocycles. The van der Waals surface area contributed by atoms with Crippen molar-refractivity contribution in [2.45, 2.75) is 0 Å². The van der Waals surface area contributed by atoms with Gasteiger partial charge in [-0.1, -0.05) is 127 Å². The van der Waals surface area contributed by atoms with Crippen molar-refractivity contribution in [3.63, 3.8) is 0 Å². The first kappa shape index (κ1) is 26.3.